The molecule has 1 aliphatic rings. The molecule has 102 valence electrons. The second-order valence-electron chi connectivity index (χ2n) is 5.53. The van der Waals surface area contributed by atoms with Crippen molar-refractivity contribution in [3.05, 3.63) is 0 Å². The van der Waals surface area contributed by atoms with Crippen molar-refractivity contribution in [1.29, 1.82) is 0 Å². The van der Waals surface area contributed by atoms with Gasteiger partial charge in [-0.05, 0) is 18.3 Å². The van der Waals surface area contributed by atoms with E-state index >= 15 is 0 Å². The van der Waals surface area contributed by atoms with Gasteiger partial charge in [0.05, 0.1) is 13.0 Å². The predicted octanol–water partition coefficient (Wildman–Crippen LogP) is 0.272. The molecule has 1 fully saturated rings. The topological polar surface area (TPSA) is 95.5 Å². The van der Waals surface area contributed by atoms with Crippen LogP contribution in [0, 0.1) is 5.41 Å². The van der Waals surface area contributed by atoms with Crippen molar-refractivity contribution < 1.29 is 19.5 Å². The number of rotatable bonds is 7. The number of hydrogen-bond acceptors (Lipinski definition) is 3. The van der Waals surface area contributed by atoms with Crippen LogP contribution in [0.1, 0.15) is 39.5 Å². The van der Waals surface area contributed by atoms with Crippen molar-refractivity contribution >= 4 is 17.8 Å². The number of hydrogen-bond donors (Lipinski definition) is 3. The highest BCUT2D eigenvalue weighted by Crippen LogP contribution is 2.24. The fraction of sp³-hybridized carbons (Fsp3) is 0.750. The third-order valence-electron chi connectivity index (χ3n) is 2.66. The lowest BCUT2D eigenvalue weighted by molar-refractivity contribution is -0.140. The van der Waals surface area contributed by atoms with Gasteiger partial charge in [0.1, 0.15) is 0 Å². The summed E-state index contributed by atoms with van der Waals surface area (Å²) in [4.78, 5) is 33.5. The fourth-order valence-electron chi connectivity index (χ4n) is 1.65. The molecular formula is C12H20N2O4. The van der Waals surface area contributed by atoms with Crippen molar-refractivity contribution in [2.45, 2.75) is 45.6 Å². The van der Waals surface area contributed by atoms with Crippen molar-refractivity contribution in [3.63, 3.8) is 0 Å². The minimum absolute atomic E-state index is 0.0432. The zero-order valence-electron chi connectivity index (χ0n) is 10.8. The Bertz CT molecular complexity index is 348. The van der Waals surface area contributed by atoms with Crippen LogP contribution >= 0.6 is 0 Å². The van der Waals surface area contributed by atoms with Gasteiger partial charge in [0.25, 0.3) is 0 Å². The Morgan fingerprint density at radius 1 is 1.17 bits per heavy atom. The maximum atomic E-state index is 11.6. The SMILES string of the molecule is CC(C)(CC(=O)O)CC(=O)NCC(=O)NC1CC1. The predicted molar refractivity (Wildman–Crippen MR) is 64.8 cm³/mol. The van der Waals surface area contributed by atoms with Crippen LogP contribution in [0.3, 0.4) is 0 Å². The number of amides is 2. The van der Waals surface area contributed by atoms with Gasteiger partial charge in [-0.1, -0.05) is 13.8 Å². The van der Waals surface area contributed by atoms with Crippen molar-refractivity contribution in [2.75, 3.05) is 6.54 Å². The van der Waals surface area contributed by atoms with E-state index in [2.05, 4.69) is 10.6 Å². The lowest BCUT2D eigenvalue weighted by Crippen LogP contribution is -2.39. The molecule has 0 aromatic rings. The van der Waals surface area contributed by atoms with E-state index in [9.17, 15) is 14.4 Å². The molecule has 0 radical (unpaired) electrons. The first-order chi connectivity index (χ1) is 8.28. The molecule has 18 heavy (non-hydrogen) atoms. The van der Waals surface area contributed by atoms with Crippen LogP contribution in [0.5, 0.6) is 0 Å². The molecule has 0 heterocycles. The maximum absolute atomic E-state index is 11.6. The molecule has 6 heteroatoms. The number of aliphatic carboxylic acids is 1. The molecule has 0 unspecified atom stereocenters. The Labute approximate surface area is 106 Å². The minimum Gasteiger partial charge on any atom is -0.481 e. The Morgan fingerprint density at radius 2 is 1.78 bits per heavy atom. The quantitative estimate of drug-likeness (QED) is 0.609. The van der Waals surface area contributed by atoms with Gasteiger partial charge < -0.3 is 15.7 Å². The molecular weight excluding hydrogens is 236 g/mol. The van der Waals surface area contributed by atoms with Crippen LogP contribution in [-0.2, 0) is 14.4 Å². The summed E-state index contributed by atoms with van der Waals surface area (Å²) in [6.45, 7) is 3.38. The Morgan fingerprint density at radius 3 is 2.28 bits per heavy atom. The summed E-state index contributed by atoms with van der Waals surface area (Å²) in [5.41, 5.74) is -0.608. The number of carbonyl (C=O) groups is 3. The lowest BCUT2D eigenvalue weighted by atomic mass is 9.85. The van der Waals surface area contributed by atoms with Crippen molar-refractivity contribution in [3.8, 4) is 0 Å². The highest BCUT2D eigenvalue weighted by Gasteiger charge is 2.26. The Kier molecular flexibility index (Phi) is 4.69. The highest BCUT2D eigenvalue weighted by molar-refractivity contribution is 5.85. The van der Waals surface area contributed by atoms with Gasteiger partial charge in [-0.15, -0.1) is 0 Å². The van der Waals surface area contributed by atoms with E-state index in [1.54, 1.807) is 13.8 Å². The molecule has 3 N–H and O–H groups in total. The number of carboxylic acid groups (broad SMARTS) is 1. The van der Waals surface area contributed by atoms with Gasteiger partial charge >= 0.3 is 5.97 Å². The van der Waals surface area contributed by atoms with Crippen molar-refractivity contribution in [2.24, 2.45) is 5.41 Å². The van der Waals surface area contributed by atoms with Crippen LogP contribution in [0.25, 0.3) is 0 Å². The molecule has 0 aliphatic heterocycles. The molecule has 1 saturated carbocycles. The van der Waals surface area contributed by atoms with E-state index in [-0.39, 0.29) is 37.2 Å². The van der Waals surface area contributed by atoms with Gasteiger partial charge in [-0.2, -0.15) is 0 Å². The van der Waals surface area contributed by atoms with E-state index in [4.69, 9.17) is 5.11 Å². The second-order valence-corrected chi connectivity index (χ2v) is 5.53. The highest BCUT2D eigenvalue weighted by atomic mass is 16.4. The molecule has 0 saturated heterocycles. The summed E-state index contributed by atoms with van der Waals surface area (Å²) in [5, 5.41) is 13.9. The zero-order valence-corrected chi connectivity index (χ0v) is 10.8. The first-order valence-corrected chi connectivity index (χ1v) is 6.06. The second kappa shape index (κ2) is 5.84. The molecule has 0 aromatic heterocycles. The summed E-state index contributed by atoms with van der Waals surface area (Å²) in [7, 11) is 0. The van der Waals surface area contributed by atoms with Crippen molar-refractivity contribution in [1.82, 2.24) is 10.6 Å². The van der Waals surface area contributed by atoms with Crippen LogP contribution in [0.15, 0.2) is 0 Å². The molecule has 0 aromatic carbocycles. The van der Waals surface area contributed by atoms with E-state index < -0.39 is 11.4 Å². The molecule has 6 nitrogen and oxygen atoms in total. The maximum Gasteiger partial charge on any atom is 0.303 e. The van der Waals surface area contributed by atoms with E-state index in [1.807, 2.05) is 0 Å². The molecule has 1 rings (SSSR count). The number of nitrogens with one attached hydrogen (secondary N) is 2. The monoisotopic (exact) mass is 256 g/mol. The largest absolute Gasteiger partial charge is 0.481 e. The molecule has 0 spiro atoms. The van der Waals surface area contributed by atoms with Gasteiger partial charge in [0, 0.05) is 12.5 Å². The minimum atomic E-state index is -0.931. The molecule has 2 amide bonds. The van der Waals surface area contributed by atoms with Crippen LogP contribution in [0.2, 0.25) is 0 Å². The summed E-state index contributed by atoms with van der Waals surface area (Å²) in [5.74, 6) is -1.42. The van der Waals surface area contributed by atoms with Crippen LogP contribution < -0.4 is 10.6 Å². The average molecular weight is 256 g/mol. The van der Waals surface area contributed by atoms with Gasteiger partial charge in [-0.3, -0.25) is 14.4 Å². The number of carbonyl (C=O) groups excluding carboxylic acids is 2. The Hall–Kier alpha value is -1.59. The lowest BCUT2D eigenvalue weighted by Gasteiger charge is -2.21. The smallest absolute Gasteiger partial charge is 0.303 e. The first kappa shape index (κ1) is 14.5. The summed E-state index contributed by atoms with van der Waals surface area (Å²) in [6, 6.07) is 0.276. The zero-order chi connectivity index (χ0) is 13.8. The summed E-state index contributed by atoms with van der Waals surface area (Å²) >= 11 is 0. The summed E-state index contributed by atoms with van der Waals surface area (Å²) < 4.78 is 0. The van der Waals surface area contributed by atoms with E-state index in [1.165, 1.54) is 0 Å². The number of carboxylic acids is 1. The van der Waals surface area contributed by atoms with Crippen LogP contribution in [-0.4, -0.2) is 35.5 Å². The fourth-order valence-corrected chi connectivity index (χ4v) is 1.65. The third kappa shape index (κ3) is 6.22. The Balaban J connectivity index is 2.23. The molecule has 0 atom stereocenters. The normalized spacial score (nSPS) is 15.0. The van der Waals surface area contributed by atoms with Gasteiger partial charge in [-0.25, -0.2) is 0 Å². The van der Waals surface area contributed by atoms with Crippen LogP contribution in [0.4, 0.5) is 0 Å². The van der Waals surface area contributed by atoms with Gasteiger partial charge in [0.2, 0.25) is 11.8 Å². The van der Waals surface area contributed by atoms with Gasteiger partial charge in [0.15, 0.2) is 0 Å². The van der Waals surface area contributed by atoms with E-state index in [0.717, 1.165) is 12.8 Å². The third-order valence-corrected chi connectivity index (χ3v) is 2.66. The standard InChI is InChI=1S/C12H20N2O4/c1-12(2,6-11(17)18)5-9(15)13-7-10(16)14-8-3-4-8/h8H,3-7H2,1-2H3,(H,13,15)(H,14,16)(H,17,18). The molecule has 0 bridgehead atoms. The van der Waals surface area contributed by atoms with E-state index in [0.29, 0.717) is 0 Å². The average Bonchev–Trinajstić information content (AvgIpc) is 2.95. The molecule has 1 aliphatic carbocycles. The summed E-state index contributed by atoms with van der Waals surface area (Å²) in [6.07, 6.45) is 2.03. The first-order valence-electron chi connectivity index (χ1n) is 6.06.